The maximum atomic E-state index is 11.7. The van der Waals surface area contributed by atoms with Gasteiger partial charge in [0.25, 0.3) is 0 Å². The average molecular weight is 373 g/mol. The second-order valence-electron chi connectivity index (χ2n) is 5.49. The van der Waals surface area contributed by atoms with Crippen molar-refractivity contribution in [2.75, 3.05) is 23.0 Å². The molecule has 0 N–H and O–H groups in total. The molecule has 22 heavy (non-hydrogen) atoms. The quantitative estimate of drug-likeness (QED) is 0.673. The van der Waals surface area contributed by atoms with E-state index in [1.54, 1.807) is 47.0 Å². The van der Waals surface area contributed by atoms with Gasteiger partial charge in [-0.25, -0.2) is 0 Å². The van der Waals surface area contributed by atoms with Crippen LogP contribution in [0.1, 0.15) is 38.5 Å². The number of hydrogen-bond donors (Lipinski definition) is 0. The third-order valence-electron chi connectivity index (χ3n) is 3.68. The van der Waals surface area contributed by atoms with Crippen molar-refractivity contribution in [1.82, 2.24) is 0 Å². The van der Waals surface area contributed by atoms with Crippen LogP contribution in [0.2, 0.25) is 0 Å². The fourth-order valence-corrected chi connectivity index (χ4v) is 6.93. The van der Waals surface area contributed by atoms with E-state index in [9.17, 15) is 9.59 Å². The summed E-state index contributed by atoms with van der Waals surface area (Å²) < 4.78 is 0. The van der Waals surface area contributed by atoms with E-state index in [1.165, 1.54) is 12.8 Å². The van der Waals surface area contributed by atoms with E-state index in [0.29, 0.717) is 10.9 Å². The van der Waals surface area contributed by atoms with Crippen LogP contribution in [0.4, 0.5) is 0 Å². The minimum Gasteiger partial charge on any atom is -0.287 e. The molecule has 0 bridgehead atoms. The zero-order valence-corrected chi connectivity index (χ0v) is 15.8. The molecule has 1 heterocycles. The Kier molecular flexibility index (Phi) is 6.48. The SMILES string of the molecule is O=c1c2c1SCCCCCSc1c(c1=O)SCCCCCS2. The van der Waals surface area contributed by atoms with Gasteiger partial charge in [0.05, 0.1) is 19.6 Å². The molecule has 1 aliphatic heterocycles. The fraction of sp³-hybridized carbons (Fsp3) is 0.625. The molecule has 0 aromatic heterocycles. The van der Waals surface area contributed by atoms with Crippen LogP contribution < -0.4 is 10.9 Å². The summed E-state index contributed by atoms with van der Waals surface area (Å²) in [5.41, 5.74) is 0.621. The summed E-state index contributed by atoms with van der Waals surface area (Å²) in [7, 11) is 0. The summed E-state index contributed by atoms with van der Waals surface area (Å²) >= 11 is 6.99. The van der Waals surface area contributed by atoms with Gasteiger partial charge in [0, 0.05) is 0 Å². The summed E-state index contributed by atoms with van der Waals surface area (Å²) in [4.78, 5) is 27.5. The van der Waals surface area contributed by atoms with Gasteiger partial charge in [-0.15, -0.1) is 47.0 Å². The van der Waals surface area contributed by atoms with E-state index in [1.807, 2.05) is 0 Å². The topological polar surface area (TPSA) is 34.1 Å². The monoisotopic (exact) mass is 372 g/mol. The van der Waals surface area contributed by atoms with Crippen LogP contribution >= 0.6 is 47.0 Å². The highest BCUT2D eigenvalue weighted by atomic mass is 32.2. The predicted molar refractivity (Wildman–Crippen MR) is 101 cm³/mol. The van der Waals surface area contributed by atoms with Crippen molar-refractivity contribution in [3.05, 3.63) is 20.4 Å². The van der Waals surface area contributed by atoms with Gasteiger partial charge in [-0.3, -0.25) is 9.59 Å². The lowest BCUT2D eigenvalue weighted by atomic mass is 10.3. The number of hydrogen-bond acceptors (Lipinski definition) is 6. The van der Waals surface area contributed by atoms with Gasteiger partial charge in [0.1, 0.15) is 0 Å². The molecule has 0 saturated heterocycles. The van der Waals surface area contributed by atoms with Gasteiger partial charge in [-0.1, -0.05) is 12.8 Å². The molecule has 1 aliphatic rings. The molecule has 2 nitrogen and oxygen atoms in total. The van der Waals surface area contributed by atoms with E-state index in [-0.39, 0.29) is 0 Å². The first-order chi connectivity index (χ1) is 10.8. The Labute approximate surface area is 148 Å². The van der Waals surface area contributed by atoms with Crippen LogP contribution in [-0.2, 0) is 0 Å². The molecule has 0 radical (unpaired) electrons. The summed E-state index contributed by atoms with van der Waals surface area (Å²) in [5.74, 6) is 4.22. The molecular formula is C16H20O2S4. The highest BCUT2D eigenvalue weighted by Gasteiger charge is 2.24. The predicted octanol–water partition coefficient (Wildman–Crippen LogP) is 4.58. The van der Waals surface area contributed by atoms with Crippen LogP contribution in [0.5, 0.6) is 0 Å². The lowest BCUT2D eigenvalue weighted by molar-refractivity contribution is 0.785. The minimum atomic E-state index is 0.311. The smallest absolute Gasteiger partial charge is 0.208 e. The van der Waals surface area contributed by atoms with Gasteiger partial charge < -0.3 is 0 Å². The molecule has 0 aliphatic carbocycles. The molecule has 2 aromatic rings. The lowest BCUT2D eigenvalue weighted by Crippen LogP contribution is -1.84. The zero-order chi connectivity index (χ0) is 15.4. The Morgan fingerprint density at radius 2 is 0.727 bits per heavy atom. The molecule has 0 spiro atoms. The van der Waals surface area contributed by atoms with Gasteiger partial charge in [0.15, 0.2) is 0 Å². The molecule has 6 heteroatoms. The fourth-order valence-electron chi connectivity index (χ4n) is 2.26. The average Bonchev–Trinajstić information content (AvgIpc) is 3.34. The van der Waals surface area contributed by atoms with Crippen molar-refractivity contribution in [2.24, 2.45) is 0 Å². The second-order valence-corrected chi connectivity index (χ2v) is 9.91. The van der Waals surface area contributed by atoms with Gasteiger partial charge in [-0.05, 0) is 48.7 Å². The zero-order valence-electron chi connectivity index (χ0n) is 12.5. The summed E-state index contributed by atoms with van der Waals surface area (Å²) in [6, 6.07) is 0. The third-order valence-corrected chi connectivity index (χ3v) is 8.62. The van der Waals surface area contributed by atoms with Gasteiger partial charge in [-0.2, -0.15) is 0 Å². The van der Waals surface area contributed by atoms with Crippen molar-refractivity contribution >= 4 is 47.0 Å². The maximum absolute atomic E-state index is 11.7. The van der Waals surface area contributed by atoms with E-state index >= 15 is 0 Å². The lowest BCUT2D eigenvalue weighted by Gasteiger charge is -2.00. The minimum absolute atomic E-state index is 0.311. The van der Waals surface area contributed by atoms with Crippen molar-refractivity contribution in [2.45, 2.75) is 58.1 Å². The molecule has 0 fully saturated rings. The van der Waals surface area contributed by atoms with E-state index < -0.39 is 0 Å². The van der Waals surface area contributed by atoms with Crippen LogP contribution in [-0.4, -0.2) is 23.0 Å². The Bertz CT molecular complexity index is 530. The summed E-state index contributed by atoms with van der Waals surface area (Å²) in [6.45, 7) is 0. The first-order valence-electron chi connectivity index (χ1n) is 7.88. The van der Waals surface area contributed by atoms with Gasteiger partial charge in [0.2, 0.25) is 10.9 Å². The first kappa shape index (κ1) is 17.1. The largest absolute Gasteiger partial charge is 0.287 e. The first-order valence-corrected chi connectivity index (χ1v) is 11.8. The Hall–Kier alpha value is 0.220. The molecule has 120 valence electrons. The standard InChI is InChI=1S/C16H20O2S4/c17-11-13-15(11)21-9-5-2-6-10-22-16-12(18)14(16)20-8-4-1-3-7-19-13/h1-10H2. The molecule has 0 atom stereocenters. The maximum Gasteiger partial charge on any atom is 0.208 e. The molecule has 0 saturated carbocycles. The van der Waals surface area contributed by atoms with Crippen LogP contribution in [0.3, 0.4) is 0 Å². The summed E-state index contributed by atoms with van der Waals surface area (Å²) in [5, 5.41) is 0. The Balaban J connectivity index is 1.45. The van der Waals surface area contributed by atoms with Crippen LogP contribution in [0, 0.1) is 0 Å². The summed E-state index contributed by atoms with van der Waals surface area (Å²) in [6.07, 6.45) is 7.02. The molecule has 2 aromatic carbocycles. The number of rotatable bonds is 0. The molecule has 3 rings (SSSR count). The Morgan fingerprint density at radius 1 is 0.455 bits per heavy atom. The highest BCUT2D eigenvalue weighted by molar-refractivity contribution is 8.03. The molecular weight excluding hydrogens is 352 g/mol. The molecule has 0 amide bonds. The van der Waals surface area contributed by atoms with E-state index in [0.717, 1.165) is 68.3 Å². The van der Waals surface area contributed by atoms with Crippen molar-refractivity contribution < 1.29 is 0 Å². The van der Waals surface area contributed by atoms with Crippen molar-refractivity contribution in [3.8, 4) is 0 Å². The highest BCUT2D eigenvalue weighted by Crippen LogP contribution is 2.36. The second kappa shape index (κ2) is 8.36. The van der Waals surface area contributed by atoms with E-state index in [2.05, 4.69) is 0 Å². The number of thioether (sulfide) groups is 4. The van der Waals surface area contributed by atoms with E-state index in [4.69, 9.17) is 0 Å². The normalized spacial score (nSPS) is 20.4. The number of fused-ring (bicyclic) bond motifs is 2. The van der Waals surface area contributed by atoms with Crippen LogP contribution in [0.15, 0.2) is 29.2 Å². The van der Waals surface area contributed by atoms with Crippen LogP contribution in [0.25, 0.3) is 0 Å². The van der Waals surface area contributed by atoms with Crippen molar-refractivity contribution in [1.29, 1.82) is 0 Å². The van der Waals surface area contributed by atoms with Crippen molar-refractivity contribution in [3.63, 3.8) is 0 Å². The van der Waals surface area contributed by atoms with Gasteiger partial charge >= 0.3 is 0 Å². The Morgan fingerprint density at radius 3 is 1.00 bits per heavy atom. The molecule has 0 unspecified atom stereocenters. The third kappa shape index (κ3) is 4.62.